The summed E-state index contributed by atoms with van der Waals surface area (Å²) >= 11 is 0. The third-order valence-corrected chi connectivity index (χ3v) is 34.8. The Bertz CT molecular complexity index is 5310. The van der Waals surface area contributed by atoms with Gasteiger partial charge >= 0.3 is 73.3 Å². The third kappa shape index (κ3) is 25.9. The lowest BCUT2D eigenvalue weighted by molar-refractivity contribution is -0.186. The molecule has 8 aliphatic rings. The van der Waals surface area contributed by atoms with Gasteiger partial charge in [0.15, 0.2) is 0 Å². The normalized spacial score (nSPS) is 26.9. The summed E-state index contributed by atoms with van der Waals surface area (Å²) < 4.78 is 350. The number of alkyl halides is 24. The summed E-state index contributed by atoms with van der Waals surface area (Å²) in [6, 6.07) is 31.1. The van der Waals surface area contributed by atoms with Gasteiger partial charge in [-0.15, -0.1) is 0 Å². The van der Waals surface area contributed by atoms with Crippen LogP contribution in [0.2, 0.25) is 0 Å². The van der Waals surface area contributed by atoms with Gasteiger partial charge in [-0.05, 0) is 313 Å². The molecule has 36 heteroatoms. The smallest absolute Gasteiger partial charge is 0.420 e. The van der Waals surface area contributed by atoms with Gasteiger partial charge in [0.25, 0.3) is 0 Å². The Labute approximate surface area is 843 Å². The third-order valence-electron chi connectivity index (χ3n) is 34.8. The molecule has 8 aromatic carbocycles. The minimum Gasteiger partial charge on any atom is -0.490 e. The zero-order chi connectivity index (χ0) is 109. The highest BCUT2D eigenvalue weighted by molar-refractivity contribution is 5.92. The molecule has 0 unspecified atom stereocenters. The Morgan fingerprint density at radius 2 is 0.419 bits per heavy atom. The van der Waals surface area contributed by atoms with Crippen molar-refractivity contribution in [1.29, 1.82) is 0 Å². The lowest BCUT2D eigenvalue weighted by Crippen LogP contribution is -2.49. The predicted molar refractivity (Wildman–Crippen MR) is 510 cm³/mol. The van der Waals surface area contributed by atoms with E-state index in [1.54, 1.807) is 72.8 Å². The highest BCUT2D eigenvalue weighted by Gasteiger charge is 2.58. The fourth-order valence-electron chi connectivity index (χ4n) is 24.4. The summed E-state index contributed by atoms with van der Waals surface area (Å²) in [7, 11) is 0. The van der Waals surface area contributed by atoms with Crippen LogP contribution < -0.4 is 18.9 Å². The highest BCUT2D eigenvalue weighted by atomic mass is 19.4. The number of hydrogen-bond donors (Lipinski definition) is 4. The predicted octanol–water partition coefficient (Wildman–Crippen LogP) is 34.4. The molecule has 8 aromatic rings. The molecule has 0 aromatic heterocycles. The molecule has 0 radical (unpaired) electrons. The van der Waals surface area contributed by atoms with Gasteiger partial charge < -0.3 is 39.4 Å². The monoisotopic (exact) mass is 2120 g/mol. The van der Waals surface area contributed by atoms with E-state index in [2.05, 4.69) is 0 Å². The lowest BCUT2D eigenvalue weighted by atomic mass is 9.53. The Balaban J connectivity index is 0.000000165. The molecule has 16 rings (SSSR count). The van der Waals surface area contributed by atoms with E-state index in [0.717, 1.165) is 22.3 Å². The van der Waals surface area contributed by atoms with Gasteiger partial charge in [0.2, 0.25) is 0 Å². The number of benzene rings is 8. The molecule has 0 spiro atoms. The maximum absolute atomic E-state index is 14.3. The molecular formula is C112H128F24O12. The molecule has 12 atom stereocenters. The summed E-state index contributed by atoms with van der Waals surface area (Å²) in [4.78, 5) is 45.8. The number of aliphatic carboxylic acids is 4. The molecule has 0 saturated heterocycles. The molecule has 8 saturated carbocycles. The van der Waals surface area contributed by atoms with Gasteiger partial charge in [0.05, 0.1) is 71.8 Å². The van der Waals surface area contributed by atoms with Crippen molar-refractivity contribution in [3.8, 4) is 23.0 Å². The summed E-state index contributed by atoms with van der Waals surface area (Å²) in [6.45, 7) is 23.1. The summed E-state index contributed by atoms with van der Waals surface area (Å²) in [6.07, 6.45) is -35.0. The fourth-order valence-corrected chi connectivity index (χ4v) is 24.4. The molecule has 0 amide bonds. The standard InChI is InChI=1S/4C28H32F6O3/c4*1-15(12-19-14-22(25(35)36)26(19,2)3)17-5-4-16-6-11-23(24(21(16)13-17)28(32,33)34)37-20-9-7-18(8-10-20)27(29,30)31/h4*4-6,11,13,15,18-20,22H,7-10,12,14H2,1-3H3,(H,35,36)/t15-,18?,19+,20?,22+;15-,18?,19+,20?,22-;15-,18?,19-,20?,22+;15-,18?,19-,20?,22-/m0011/s1. The van der Waals surface area contributed by atoms with Crippen molar-refractivity contribution < 1.29 is 164 Å². The zero-order valence-corrected chi connectivity index (χ0v) is 84.2. The van der Waals surface area contributed by atoms with Gasteiger partial charge in [-0.3, -0.25) is 19.2 Å². The first kappa shape index (κ1) is 115. The molecular weight excluding hydrogens is 1990 g/mol. The van der Waals surface area contributed by atoms with Crippen molar-refractivity contribution in [2.24, 2.45) is 92.7 Å². The van der Waals surface area contributed by atoms with Gasteiger partial charge in [0, 0.05) is 0 Å². The maximum Gasteiger partial charge on any atom is 0.420 e. The van der Waals surface area contributed by atoms with E-state index >= 15 is 0 Å². The van der Waals surface area contributed by atoms with Gasteiger partial charge in [-0.25, -0.2) is 0 Å². The Kier molecular flexibility index (Phi) is 33.8. The van der Waals surface area contributed by atoms with Crippen molar-refractivity contribution >= 4 is 67.0 Å². The molecule has 0 aliphatic heterocycles. The van der Waals surface area contributed by atoms with Crippen LogP contribution in [0.25, 0.3) is 43.1 Å². The number of fused-ring (bicyclic) bond motifs is 4. The molecule has 0 heterocycles. The van der Waals surface area contributed by atoms with E-state index in [9.17, 15) is 145 Å². The van der Waals surface area contributed by atoms with Crippen LogP contribution in [0.3, 0.4) is 0 Å². The number of carboxylic acid groups (broad SMARTS) is 4. The second-order valence-corrected chi connectivity index (χ2v) is 45.3. The van der Waals surface area contributed by atoms with Crippen molar-refractivity contribution in [1.82, 2.24) is 0 Å². The van der Waals surface area contributed by atoms with Gasteiger partial charge in [-0.2, -0.15) is 105 Å². The molecule has 816 valence electrons. The van der Waals surface area contributed by atoms with Crippen LogP contribution in [0, 0.1) is 92.7 Å². The first-order valence-electron chi connectivity index (χ1n) is 50.7. The van der Waals surface area contributed by atoms with E-state index in [1.807, 2.05) is 83.1 Å². The van der Waals surface area contributed by atoms with E-state index < -0.39 is 167 Å². The number of ether oxygens (including phenoxy) is 4. The first-order chi connectivity index (χ1) is 68.3. The van der Waals surface area contributed by atoms with Crippen LogP contribution in [-0.4, -0.2) is 93.4 Å². The topological polar surface area (TPSA) is 186 Å². The molecule has 4 N–H and O–H groups in total. The van der Waals surface area contributed by atoms with E-state index in [-0.39, 0.29) is 216 Å². The van der Waals surface area contributed by atoms with Crippen LogP contribution in [0.5, 0.6) is 23.0 Å². The fraction of sp³-hybridized carbons (Fsp3) is 0.607. The SMILES string of the molecule is C[C@@H](C[C@@H]1C[C@@H](C(=O)O)C1(C)C)c1ccc2ccc(OC3CCC(C(F)(F)F)CC3)c(C(F)(F)F)c2c1.C[C@@H](C[C@@H]1C[C@H](C(=O)O)C1(C)C)c1ccc2ccc(OC3CCC(C(F)(F)F)CC3)c(C(F)(F)F)c2c1.C[C@H](C[C@@H]1C[C@@H](C(=O)O)C1(C)C)c1ccc2ccc(OC3CCC(C(F)(F)F)CC3)c(C(F)(F)F)c2c1.C[C@H](C[C@@H]1C[C@H](C(=O)O)C1(C)C)c1ccc2ccc(OC3CCC(C(F)(F)F)CC3)c(C(F)(F)F)c2c1. The quantitative estimate of drug-likeness (QED) is 0.0420. The zero-order valence-electron chi connectivity index (χ0n) is 84.2. The Hall–Kier alpha value is -9.80. The Morgan fingerprint density at radius 1 is 0.264 bits per heavy atom. The highest BCUT2D eigenvalue weighted by Crippen LogP contribution is 2.61. The number of carboxylic acids is 4. The number of halogens is 24. The lowest BCUT2D eigenvalue weighted by Gasteiger charge is -2.51. The Morgan fingerprint density at radius 3 is 0.554 bits per heavy atom. The van der Waals surface area contributed by atoms with Crippen LogP contribution >= 0.6 is 0 Å². The second-order valence-electron chi connectivity index (χ2n) is 45.3. The molecule has 0 bridgehead atoms. The van der Waals surface area contributed by atoms with Crippen LogP contribution in [0.1, 0.15) is 305 Å². The average Bonchev–Trinajstić information content (AvgIpc) is 0.747. The van der Waals surface area contributed by atoms with Crippen molar-refractivity contribution in [3.05, 3.63) is 166 Å². The maximum atomic E-state index is 14.3. The molecule has 8 fully saturated rings. The van der Waals surface area contributed by atoms with Gasteiger partial charge in [0.1, 0.15) is 45.3 Å². The van der Waals surface area contributed by atoms with E-state index in [0.29, 0.717) is 72.9 Å². The minimum atomic E-state index is -4.72. The average molecular weight is 2120 g/mol. The van der Waals surface area contributed by atoms with Crippen LogP contribution in [0.4, 0.5) is 105 Å². The minimum absolute atomic E-state index is 0.00499. The van der Waals surface area contributed by atoms with Crippen molar-refractivity contribution in [3.63, 3.8) is 0 Å². The van der Waals surface area contributed by atoms with E-state index in [1.165, 1.54) is 48.5 Å². The summed E-state index contributed by atoms with van der Waals surface area (Å²) in [5.74, 6) is -12.0. The molecule has 148 heavy (non-hydrogen) atoms. The number of carbonyl (C=O) groups is 4. The number of rotatable bonds is 24. The summed E-state index contributed by atoms with van der Waals surface area (Å²) in [5, 5.41) is 39.1. The number of hydrogen-bond acceptors (Lipinski definition) is 8. The molecule has 8 aliphatic carbocycles. The summed E-state index contributed by atoms with van der Waals surface area (Å²) in [5.41, 5.74) is -2.32. The van der Waals surface area contributed by atoms with Crippen molar-refractivity contribution in [2.45, 2.75) is 335 Å². The van der Waals surface area contributed by atoms with Crippen LogP contribution in [-0.2, 0) is 43.9 Å². The second kappa shape index (κ2) is 43.4. The largest absolute Gasteiger partial charge is 0.490 e. The van der Waals surface area contributed by atoms with Gasteiger partial charge in [-0.1, -0.05) is 180 Å². The van der Waals surface area contributed by atoms with Crippen LogP contribution in [0.15, 0.2) is 121 Å². The first-order valence-corrected chi connectivity index (χ1v) is 50.7. The van der Waals surface area contributed by atoms with Crippen molar-refractivity contribution in [2.75, 3.05) is 0 Å². The van der Waals surface area contributed by atoms with E-state index in [4.69, 9.17) is 18.9 Å². The molecule has 12 nitrogen and oxygen atoms in total.